The molecule has 0 aliphatic carbocycles. The van der Waals surface area contributed by atoms with E-state index in [4.69, 9.17) is 26.6 Å². The summed E-state index contributed by atoms with van der Waals surface area (Å²) in [7, 11) is 0. The zero-order chi connectivity index (χ0) is 34.3. The number of nitrogens with zero attached hydrogens (tertiary/aromatic N) is 7. The Balaban J connectivity index is 0.00000387. The van der Waals surface area contributed by atoms with E-state index < -0.39 is 0 Å². The van der Waals surface area contributed by atoms with Gasteiger partial charge in [0, 0.05) is 29.1 Å². The molecule has 0 N–H and O–H groups in total. The summed E-state index contributed by atoms with van der Waals surface area (Å²) < 4.78 is 5.88. The second kappa shape index (κ2) is 14.3. The molecule has 9 rings (SSSR count). The lowest BCUT2D eigenvalue weighted by Gasteiger charge is -2.24. The molecule has 0 bridgehead atoms. The standard InChI is InChI=1S/C42H31ClN7S.HI/c1-2-47-35-27-29(42-46-32-15-6-7-16-37(32)51-42)21-23-33(35)48(31-13-4-3-5-14-31)40(47)19-12-20-41-49(38-17-8-10-25-44-38)34-24-22-30(43)28-36(34)50(41)39-18-9-11-26-45-39;/h3-28H,2H2,1H3;1H/q+1;/p-1. The van der Waals surface area contributed by atoms with E-state index in [0.29, 0.717) is 5.02 Å². The SMILES string of the molecule is CC[n+]1c(/C=C/C=C2\N(c3ccccn3)c3ccc(Cl)cc3N2c2ccccn2)n(-c2ccccc2)c2ccc(-c3nc4ccccc4s3)cc21.[I-]. The van der Waals surface area contributed by atoms with Crippen molar-refractivity contribution >= 4 is 73.3 Å². The summed E-state index contributed by atoms with van der Waals surface area (Å²) in [5, 5.41) is 1.66. The summed E-state index contributed by atoms with van der Waals surface area (Å²) in [5.41, 5.74) is 7.36. The van der Waals surface area contributed by atoms with Crippen LogP contribution in [-0.2, 0) is 6.54 Å². The molecule has 4 aromatic carbocycles. The van der Waals surface area contributed by atoms with Crippen LogP contribution in [0.2, 0.25) is 5.02 Å². The van der Waals surface area contributed by atoms with Gasteiger partial charge in [0.25, 0.3) is 5.82 Å². The molecule has 254 valence electrons. The highest BCUT2D eigenvalue weighted by Gasteiger charge is 2.35. The Hall–Kier alpha value is -5.36. The van der Waals surface area contributed by atoms with Crippen LogP contribution >= 0.6 is 22.9 Å². The zero-order valence-corrected chi connectivity index (χ0v) is 31.7. The third-order valence-electron chi connectivity index (χ3n) is 9.01. The highest BCUT2D eigenvalue weighted by Crippen LogP contribution is 2.49. The summed E-state index contributed by atoms with van der Waals surface area (Å²) in [6, 6.07) is 43.3. The molecule has 0 unspecified atom stereocenters. The lowest BCUT2D eigenvalue weighted by Crippen LogP contribution is -3.00. The maximum atomic E-state index is 6.60. The highest BCUT2D eigenvalue weighted by atomic mass is 127. The molecule has 0 atom stereocenters. The fourth-order valence-electron chi connectivity index (χ4n) is 6.80. The van der Waals surface area contributed by atoms with E-state index in [1.54, 1.807) is 11.3 Å². The number of hydrogen-bond acceptors (Lipinski definition) is 6. The van der Waals surface area contributed by atoms with Crippen LogP contribution in [-0.4, -0.2) is 19.5 Å². The second-order valence-electron chi connectivity index (χ2n) is 12.0. The van der Waals surface area contributed by atoms with Gasteiger partial charge in [-0.2, -0.15) is 4.57 Å². The fourth-order valence-corrected chi connectivity index (χ4v) is 7.93. The quantitative estimate of drug-likeness (QED) is 0.123. The van der Waals surface area contributed by atoms with Crippen molar-refractivity contribution in [2.45, 2.75) is 13.5 Å². The molecular formula is C42H31ClIN7S. The Bertz CT molecular complexity index is 2570. The first kappa shape index (κ1) is 33.8. The number of thiazole rings is 1. The lowest BCUT2D eigenvalue weighted by molar-refractivity contribution is -0.670. The molecule has 1 aliphatic rings. The van der Waals surface area contributed by atoms with Gasteiger partial charge in [0.1, 0.15) is 28.2 Å². The molecule has 52 heavy (non-hydrogen) atoms. The van der Waals surface area contributed by atoms with Crippen molar-refractivity contribution in [3.05, 3.63) is 169 Å². The molecule has 1 aliphatic heterocycles. The van der Waals surface area contributed by atoms with E-state index in [-0.39, 0.29) is 24.0 Å². The largest absolute Gasteiger partial charge is 1.00 e. The van der Waals surface area contributed by atoms with Crippen molar-refractivity contribution in [2.24, 2.45) is 0 Å². The average molecular weight is 828 g/mol. The number of rotatable bonds is 7. The molecule has 0 spiro atoms. The number of imidazole rings is 1. The Morgan fingerprint density at radius 2 is 1.46 bits per heavy atom. The predicted octanol–water partition coefficient (Wildman–Crippen LogP) is 7.51. The normalized spacial score (nSPS) is 13.4. The van der Waals surface area contributed by atoms with Gasteiger partial charge in [0.15, 0.2) is 11.0 Å². The zero-order valence-electron chi connectivity index (χ0n) is 28.0. The maximum absolute atomic E-state index is 6.60. The van der Waals surface area contributed by atoms with Crippen molar-refractivity contribution in [1.29, 1.82) is 0 Å². The van der Waals surface area contributed by atoms with Crippen LogP contribution in [0.5, 0.6) is 0 Å². The van der Waals surface area contributed by atoms with E-state index in [1.165, 1.54) is 4.70 Å². The van der Waals surface area contributed by atoms with Gasteiger partial charge in [0.2, 0.25) is 0 Å². The molecule has 8 aromatic rings. The number of fused-ring (bicyclic) bond motifs is 3. The van der Waals surface area contributed by atoms with Gasteiger partial charge in [-0.25, -0.2) is 19.5 Å². The van der Waals surface area contributed by atoms with Crippen molar-refractivity contribution < 1.29 is 28.5 Å². The van der Waals surface area contributed by atoms with Gasteiger partial charge in [-0.15, -0.1) is 11.3 Å². The molecule has 0 saturated carbocycles. The number of allylic oxidation sites excluding steroid dienone is 2. The first-order chi connectivity index (χ1) is 25.2. The summed E-state index contributed by atoms with van der Waals surface area (Å²) in [4.78, 5) is 18.7. The molecule has 0 radical (unpaired) electrons. The summed E-state index contributed by atoms with van der Waals surface area (Å²) in [6.45, 7) is 2.97. The van der Waals surface area contributed by atoms with E-state index in [9.17, 15) is 0 Å². The third-order valence-corrected chi connectivity index (χ3v) is 10.3. The summed E-state index contributed by atoms with van der Waals surface area (Å²) in [6.07, 6.45) is 10.0. The van der Waals surface area contributed by atoms with Crippen LogP contribution < -0.4 is 38.3 Å². The van der Waals surface area contributed by atoms with Crippen LogP contribution in [0.1, 0.15) is 12.7 Å². The van der Waals surface area contributed by atoms with Gasteiger partial charge in [0.05, 0.1) is 28.1 Å². The molecule has 0 fully saturated rings. The number of halogens is 2. The second-order valence-corrected chi connectivity index (χ2v) is 13.5. The topological polar surface area (TPSA) is 54.0 Å². The maximum Gasteiger partial charge on any atom is 0.287 e. The monoisotopic (exact) mass is 827 g/mol. The molecule has 0 amide bonds. The first-order valence-electron chi connectivity index (χ1n) is 16.8. The molecule has 7 nitrogen and oxygen atoms in total. The van der Waals surface area contributed by atoms with Gasteiger partial charge < -0.3 is 24.0 Å². The highest BCUT2D eigenvalue weighted by molar-refractivity contribution is 7.21. The Morgan fingerprint density at radius 1 is 0.750 bits per heavy atom. The lowest BCUT2D eigenvalue weighted by atomic mass is 10.2. The van der Waals surface area contributed by atoms with Crippen LogP contribution in [0, 0.1) is 0 Å². The van der Waals surface area contributed by atoms with Crippen molar-refractivity contribution in [2.75, 3.05) is 9.80 Å². The smallest absolute Gasteiger partial charge is 0.287 e. The number of benzene rings is 4. The molecular weight excluding hydrogens is 797 g/mol. The van der Waals surface area contributed by atoms with Crippen LogP contribution in [0.3, 0.4) is 0 Å². The number of hydrogen-bond donors (Lipinski definition) is 0. The van der Waals surface area contributed by atoms with Crippen LogP contribution in [0.4, 0.5) is 23.0 Å². The fraction of sp³-hybridized carbons (Fsp3) is 0.0476. The molecule has 0 saturated heterocycles. The summed E-state index contributed by atoms with van der Waals surface area (Å²) >= 11 is 8.32. The minimum absolute atomic E-state index is 0. The van der Waals surface area contributed by atoms with Crippen molar-refractivity contribution in [3.8, 4) is 16.3 Å². The van der Waals surface area contributed by atoms with E-state index in [0.717, 1.165) is 74.0 Å². The number of aryl methyl sites for hydroxylation is 1. The van der Waals surface area contributed by atoms with E-state index in [1.807, 2.05) is 73.1 Å². The number of pyridine rings is 2. The predicted molar refractivity (Wildman–Crippen MR) is 209 cm³/mol. The van der Waals surface area contributed by atoms with Crippen LogP contribution in [0.15, 0.2) is 158 Å². The number of anilines is 4. The summed E-state index contributed by atoms with van der Waals surface area (Å²) in [5.74, 6) is 3.50. The average Bonchev–Trinajstić information content (AvgIpc) is 3.85. The Labute approximate surface area is 327 Å². The Kier molecular flexibility index (Phi) is 9.31. The van der Waals surface area contributed by atoms with Gasteiger partial charge in [-0.05, 0) is 97.9 Å². The van der Waals surface area contributed by atoms with Crippen molar-refractivity contribution in [3.63, 3.8) is 0 Å². The third kappa shape index (κ3) is 5.94. The minimum Gasteiger partial charge on any atom is -1.00 e. The van der Waals surface area contributed by atoms with Crippen molar-refractivity contribution in [1.82, 2.24) is 19.5 Å². The van der Waals surface area contributed by atoms with E-state index >= 15 is 0 Å². The molecule has 4 aromatic heterocycles. The van der Waals surface area contributed by atoms with E-state index in [2.05, 4.69) is 111 Å². The minimum atomic E-state index is 0. The molecule has 10 heteroatoms. The molecule has 5 heterocycles. The number of aromatic nitrogens is 5. The number of para-hydroxylation sites is 2. The first-order valence-corrected chi connectivity index (χ1v) is 18.0. The van der Waals surface area contributed by atoms with Crippen LogP contribution in [0.25, 0.3) is 43.6 Å². The Morgan fingerprint density at radius 3 is 2.17 bits per heavy atom. The van der Waals surface area contributed by atoms with Gasteiger partial charge in [-0.1, -0.05) is 60.1 Å². The van der Waals surface area contributed by atoms with Gasteiger partial charge in [-0.3, -0.25) is 9.80 Å². The van der Waals surface area contributed by atoms with Gasteiger partial charge >= 0.3 is 0 Å².